The highest BCUT2D eigenvalue weighted by Crippen LogP contribution is 2.31. The van der Waals surface area contributed by atoms with Crippen LogP contribution in [0.15, 0.2) is 24.3 Å². The topological polar surface area (TPSA) is 59.1 Å². The summed E-state index contributed by atoms with van der Waals surface area (Å²) in [5, 5.41) is 6.99. The van der Waals surface area contributed by atoms with Crippen LogP contribution in [-0.4, -0.2) is 17.5 Å². The van der Waals surface area contributed by atoms with E-state index in [1.807, 2.05) is 0 Å². The Morgan fingerprint density at radius 1 is 1.39 bits per heavy atom. The number of thioether (sulfide) groups is 1. The maximum absolute atomic E-state index is 12.4. The summed E-state index contributed by atoms with van der Waals surface area (Å²) in [5.74, 6) is 0.798. The van der Waals surface area contributed by atoms with Gasteiger partial charge in [-0.15, -0.1) is 0 Å². The first-order valence-corrected chi connectivity index (χ1v) is 6.15. The van der Waals surface area contributed by atoms with Crippen LogP contribution in [-0.2, 0) is 6.18 Å². The number of halogens is 3. The van der Waals surface area contributed by atoms with Gasteiger partial charge in [0.05, 0.1) is 12.2 Å². The van der Waals surface area contributed by atoms with E-state index < -0.39 is 11.7 Å². The first-order valence-electron chi connectivity index (χ1n) is 5.16. The van der Waals surface area contributed by atoms with Gasteiger partial charge in [-0.25, -0.2) is 0 Å². The normalized spacial score (nSPS) is 11.3. The molecule has 0 amide bonds. The van der Waals surface area contributed by atoms with Gasteiger partial charge in [0.25, 0.3) is 0 Å². The third-order valence-electron chi connectivity index (χ3n) is 1.98. The van der Waals surface area contributed by atoms with E-state index in [4.69, 9.17) is 15.9 Å². The predicted octanol–water partition coefficient (Wildman–Crippen LogP) is 3.10. The molecule has 3 N–H and O–H groups in total. The molecule has 1 aromatic carbocycles. The molecule has 0 aliphatic rings. The third-order valence-corrected chi connectivity index (χ3v) is 2.78. The second-order valence-electron chi connectivity index (χ2n) is 3.44. The van der Waals surface area contributed by atoms with E-state index in [0.29, 0.717) is 18.8 Å². The number of ether oxygens (including phenoxy) is 1. The van der Waals surface area contributed by atoms with Gasteiger partial charge in [0.2, 0.25) is 0 Å². The molecule has 0 aliphatic carbocycles. The standard InChI is InChI=1S/C11H13F3N2OS/c12-11(13,14)8-3-1-4-9(7-8)17-5-2-6-18-10(15)16/h1,3-4,7H,2,5-6H2,(H3,15,16). The molecule has 0 aliphatic heterocycles. The number of amidine groups is 1. The van der Waals surface area contributed by atoms with E-state index in [-0.39, 0.29) is 10.9 Å². The molecule has 0 spiro atoms. The van der Waals surface area contributed by atoms with Crippen LogP contribution < -0.4 is 10.5 Å². The molecule has 0 fully saturated rings. The molecule has 18 heavy (non-hydrogen) atoms. The van der Waals surface area contributed by atoms with Crippen molar-refractivity contribution in [1.29, 1.82) is 5.41 Å². The molecule has 3 nitrogen and oxygen atoms in total. The van der Waals surface area contributed by atoms with Crippen molar-refractivity contribution in [3.8, 4) is 5.75 Å². The van der Waals surface area contributed by atoms with Gasteiger partial charge in [-0.3, -0.25) is 5.41 Å². The summed E-state index contributed by atoms with van der Waals surface area (Å²) in [5.41, 5.74) is 4.41. The molecule has 0 radical (unpaired) electrons. The molecular formula is C11H13F3N2OS. The van der Waals surface area contributed by atoms with Crippen molar-refractivity contribution in [2.24, 2.45) is 5.73 Å². The van der Waals surface area contributed by atoms with Crippen LogP contribution in [0, 0.1) is 5.41 Å². The summed E-state index contributed by atoms with van der Waals surface area (Å²) in [4.78, 5) is 0. The molecule has 0 aromatic heterocycles. The first kappa shape index (κ1) is 14.7. The van der Waals surface area contributed by atoms with Gasteiger partial charge in [0.15, 0.2) is 5.17 Å². The van der Waals surface area contributed by atoms with Gasteiger partial charge in [-0.05, 0) is 24.6 Å². The third kappa shape index (κ3) is 5.31. The second kappa shape index (κ2) is 6.53. The summed E-state index contributed by atoms with van der Waals surface area (Å²) in [6, 6.07) is 4.76. The monoisotopic (exact) mass is 278 g/mol. The molecule has 0 atom stereocenters. The quantitative estimate of drug-likeness (QED) is 0.494. The predicted molar refractivity (Wildman–Crippen MR) is 65.9 cm³/mol. The fraction of sp³-hybridized carbons (Fsp3) is 0.364. The highest BCUT2D eigenvalue weighted by Gasteiger charge is 2.30. The Balaban J connectivity index is 2.41. The van der Waals surface area contributed by atoms with E-state index in [1.165, 1.54) is 23.9 Å². The van der Waals surface area contributed by atoms with Gasteiger partial charge in [0, 0.05) is 5.75 Å². The lowest BCUT2D eigenvalue weighted by molar-refractivity contribution is -0.137. The molecule has 7 heteroatoms. The Kier molecular flexibility index (Phi) is 5.33. The fourth-order valence-corrected chi connectivity index (χ4v) is 1.68. The number of nitrogens with two attached hydrogens (primary N) is 1. The van der Waals surface area contributed by atoms with Crippen molar-refractivity contribution in [2.75, 3.05) is 12.4 Å². The highest BCUT2D eigenvalue weighted by atomic mass is 32.2. The maximum Gasteiger partial charge on any atom is 0.416 e. The van der Waals surface area contributed by atoms with Crippen molar-refractivity contribution < 1.29 is 17.9 Å². The minimum atomic E-state index is -4.36. The molecule has 0 saturated carbocycles. The smallest absolute Gasteiger partial charge is 0.416 e. The molecular weight excluding hydrogens is 265 g/mol. The highest BCUT2D eigenvalue weighted by molar-refractivity contribution is 8.13. The summed E-state index contributed by atoms with van der Waals surface area (Å²) >= 11 is 1.17. The number of rotatable bonds is 5. The Labute approximate surface area is 107 Å². The fourth-order valence-electron chi connectivity index (χ4n) is 1.19. The number of benzene rings is 1. The molecule has 100 valence electrons. The lowest BCUT2D eigenvalue weighted by Crippen LogP contribution is -2.07. The largest absolute Gasteiger partial charge is 0.494 e. The average Bonchev–Trinajstić information content (AvgIpc) is 2.27. The van der Waals surface area contributed by atoms with Crippen molar-refractivity contribution in [1.82, 2.24) is 0 Å². The summed E-state index contributed by atoms with van der Waals surface area (Å²) in [6.45, 7) is 0.293. The number of nitrogens with one attached hydrogen (secondary N) is 1. The van der Waals surface area contributed by atoms with Gasteiger partial charge in [-0.2, -0.15) is 13.2 Å². The summed E-state index contributed by atoms with van der Waals surface area (Å²) in [6.07, 6.45) is -3.75. The zero-order valence-electron chi connectivity index (χ0n) is 9.46. The van der Waals surface area contributed by atoms with Crippen LogP contribution >= 0.6 is 11.8 Å². The summed E-state index contributed by atoms with van der Waals surface area (Å²) < 4.78 is 42.4. The zero-order valence-corrected chi connectivity index (χ0v) is 10.3. The van der Waals surface area contributed by atoms with Gasteiger partial charge >= 0.3 is 6.18 Å². The number of alkyl halides is 3. The Hall–Kier alpha value is -1.37. The molecule has 0 heterocycles. The van der Waals surface area contributed by atoms with Crippen molar-refractivity contribution in [3.63, 3.8) is 0 Å². The van der Waals surface area contributed by atoms with Crippen molar-refractivity contribution >= 4 is 16.9 Å². The zero-order chi connectivity index (χ0) is 13.6. The SMILES string of the molecule is N=C(N)SCCCOc1cccc(C(F)(F)F)c1. The number of hydrogen-bond donors (Lipinski definition) is 2. The minimum absolute atomic E-state index is 0.0223. The summed E-state index contributed by atoms with van der Waals surface area (Å²) in [7, 11) is 0. The van der Waals surface area contributed by atoms with Crippen LogP contribution in [0.25, 0.3) is 0 Å². The lowest BCUT2D eigenvalue weighted by atomic mass is 10.2. The first-order chi connectivity index (χ1) is 8.39. The maximum atomic E-state index is 12.4. The molecule has 1 aromatic rings. The minimum Gasteiger partial charge on any atom is -0.494 e. The van der Waals surface area contributed by atoms with Gasteiger partial charge in [0.1, 0.15) is 5.75 Å². The molecule has 0 saturated heterocycles. The van der Waals surface area contributed by atoms with Crippen LogP contribution in [0.4, 0.5) is 13.2 Å². The molecule has 0 bridgehead atoms. The lowest BCUT2D eigenvalue weighted by Gasteiger charge is -2.10. The molecule has 1 rings (SSSR count). The van der Waals surface area contributed by atoms with Crippen LogP contribution in [0.3, 0.4) is 0 Å². The van der Waals surface area contributed by atoms with E-state index in [1.54, 1.807) is 0 Å². The number of hydrogen-bond acceptors (Lipinski definition) is 3. The van der Waals surface area contributed by atoms with Gasteiger partial charge in [-0.1, -0.05) is 17.8 Å². The average molecular weight is 278 g/mol. The van der Waals surface area contributed by atoms with Crippen molar-refractivity contribution in [2.45, 2.75) is 12.6 Å². The Bertz CT molecular complexity index is 410. The van der Waals surface area contributed by atoms with E-state index >= 15 is 0 Å². The second-order valence-corrected chi connectivity index (χ2v) is 4.58. The van der Waals surface area contributed by atoms with Gasteiger partial charge < -0.3 is 10.5 Å². The van der Waals surface area contributed by atoms with Crippen LogP contribution in [0.2, 0.25) is 0 Å². The molecule has 0 unspecified atom stereocenters. The van der Waals surface area contributed by atoms with Crippen LogP contribution in [0.1, 0.15) is 12.0 Å². The van der Waals surface area contributed by atoms with Crippen LogP contribution in [0.5, 0.6) is 5.75 Å². The van der Waals surface area contributed by atoms with E-state index in [0.717, 1.165) is 12.1 Å². The van der Waals surface area contributed by atoms with Crippen molar-refractivity contribution in [3.05, 3.63) is 29.8 Å². The van der Waals surface area contributed by atoms with E-state index in [2.05, 4.69) is 0 Å². The Morgan fingerprint density at radius 2 is 2.11 bits per heavy atom. The van der Waals surface area contributed by atoms with E-state index in [9.17, 15) is 13.2 Å². The Morgan fingerprint density at radius 3 is 2.72 bits per heavy atom.